The average Bonchev–Trinajstić information content (AvgIpc) is 2.71. The lowest BCUT2D eigenvalue weighted by Gasteiger charge is -2.42. The van der Waals surface area contributed by atoms with Gasteiger partial charge in [-0.2, -0.15) is 5.10 Å². The molecule has 1 N–H and O–H groups in total. The van der Waals surface area contributed by atoms with Crippen molar-refractivity contribution in [3.8, 4) is 0 Å². The third-order valence-electron chi connectivity index (χ3n) is 4.26. The molecular formula is C16H30N4O. The van der Waals surface area contributed by atoms with E-state index >= 15 is 0 Å². The van der Waals surface area contributed by atoms with E-state index in [1.54, 1.807) is 0 Å². The molecule has 0 radical (unpaired) electrons. The first-order chi connectivity index (χ1) is 9.99. The Labute approximate surface area is 128 Å². The van der Waals surface area contributed by atoms with E-state index in [9.17, 15) is 5.11 Å². The van der Waals surface area contributed by atoms with Gasteiger partial charge in [0.25, 0.3) is 0 Å². The van der Waals surface area contributed by atoms with E-state index in [0.717, 1.165) is 44.8 Å². The summed E-state index contributed by atoms with van der Waals surface area (Å²) in [6.45, 7) is 12.2. The predicted octanol–water partition coefficient (Wildman–Crippen LogP) is 1.25. The molecule has 0 saturated carbocycles. The lowest BCUT2D eigenvalue weighted by atomic mass is 10.1. The van der Waals surface area contributed by atoms with Crippen LogP contribution in [0, 0.1) is 12.8 Å². The number of nitrogens with zero attached hydrogens (tertiary/aromatic N) is 4. The van der Waals surface area contributed by atoms with Crippen LogP contribution in [0.15, 0.2) is 6.20 Å². The molecule has 5 heteroatoms. The zero-order chi connectivity index (χ0) is 15.4. The van der Waals surface area contributed by atoms with Crippen LogP contribution in [0.3, 0.4) is 0 Å². The van der Waals surface area contributed by atoms with E-state index in [0.29, 0.717) is 12.0 Å². The van der Waals surface area contributed by atoms with Gasteiger partial charge in [0.15, 0.2) is 0 Å². The van der Waals surface area contributed by atoms with Crippen molar-refractivity contribution in [1.82, 2.24) is 19.6 Å². The molecule has 5 nitrogen and oxygen atoms in total. The Kier molecular flexibility index (Phi) is 5.79. The fourth-order valence-corrected chi connectivity index (χ4v) is 3.28. The molecular weight excluding hydrogens is 264 g/mol. The summed E-state index contributed by atoms with van der Waals surface area (Å²) in [6.07, 6.45) is 2.99. The Morgan fingerprint density at radius 3 is 2.71 bits per heavy atom. The summed E-state index contributed by atoms with van der Waals surface area (Å²) in [5.41, 5.74) is 2.44. The van der Waals surface area contributed by atoms with Gasteiger partial charge in [-0.1, -0.05) is 13.8 Å². The van der Waals surface area contributed by atoms with Crippen molar-refractivity contribution in [3.63, 3.8) is 0 Å². The first kappa shape index (κ1) is 16.5. The van der Waals surface area contributed by atoms with Crippen LogP contribution in [0.5, 0.6) is 0 Å². The van der Waals surface area contributed by atoms with Crippen LogP contribution < -0.4 is 0 Å². The molecule has 120 valence electrons. The van der Waals surface area contributed by atoms with Gasteiger partial charge in [-0.3, -0.25) is 14.5 Å². The topological polar surface area (TPSA) is 44.5 Å². The maximum atomic E-state index is 9.34. The first-order valence-electron chi connectivity index (χ1n) is 8.06. The van der Waals surface area contributed by atoms with Crippen LogP contribution in [0.4, 0.5) is 0 Å². The minimum absolute atomic E-state index is 0.277. The normalized spacial score (nSPS) is 21.3. The summed E-state index contributed by atoms with van der Waals surface area (Å²) in [5, 5.41) is 13.8. The minimum Gasteiger partial charge on any atom is -0.396 e. The number of aliphatic hydroxyl groups is 1. The number of aromatic nitrogens is 2. The van der Waals surface area contributed by atoms with Crippen LogP contribution in [-0.2, 0) is 13.6 Å². The van der Waals surface area contributed by atoms with E-state index in [-0.39, 0.29) is 6.61 Å². The second-order valence-corrected chi connectivity index (χ2v) is 6.70. The summed E-state index contributed by atoms with van der Waals surface area (Å²) in [5.74, 6) is 0.679. The smallest absolute Gasteiger partial charge is 0.0638 e. The van der Waals surface area contributed by atoms with Crippen LogP contribution in [0.25, 0.3) is 0 Å². The molecule has 21 heavy (non-hydrogen) atoms. The van der Waals surface area contributed by atoms with Gasteiger partial charge in [0, 0.05) is 64.2 Å². The molecule has 2 heterocycles. The van der Waals surface area contributed by atoms with Crippen molar-refractivity contribution in [3.05, 3.63) is 17.5 Å². The zero-order valence-corrected chi connectivity index (χ0v) is 13.9. The van der Waals surface area contributed by atoms with Crippen molar-refractivity contribution in [2.24, 2.45) is 13.0 Å². The summed E-state index contributed by atoms with van der Waals surface area (Å²) in [6, 6.07) is 0.475. The standard InChI is InChI=1S/C16H30N4O/c1-13(2)9-20-7-6-19(12-16(20)5-8-21)11-15-10-18(4)17-14(15)3/h10,13,16,21H,5-9,11-12H2,1-4H3/t16-/m0/s1. The van der Waals surface area contributed by atoms with E-state index in [1.807, 2.05) is 11.7 Å². The Morgan fingerprint density at radius 2 is 2.14 bits per heavy atom. The number of aryl methyl sites for hydroxylation is 2. The molecule has 1 aliphatic heterocycles. The predicted molar refractivity (Wildman–Crippen MR) is 85.1 cm³/mol. The summed E-state index contributed by atoms with van der Waals surface area (Å²) < 4.78 is 1.89. The number of rotatable bonds is 6. The van der Waals surface area contributed by atoms with Gasteiger partial charge < -0.3 is 5.11 Å². The third-order valence-corrected chi connectivity index (χ3v) is 4.26. The lowest BCUT2D eigenvalue weighted by molar-refractivity contribution is 0.0476. The monoisotopic (exact) mass is 294 g/mol. The van der Waals surface area contributed by atoms with Crippen LogP contribution in [-0.4, -0.2) is 63.5 Å². The molecule has 0 aliphatic carbocycles. The van der Waals surface area contributed by atoms with Gasteiger partial charge in [-0.05, 0) is 19.3 Å². The van der Waals surface area contributed by atoms with Crippen molar-refractivity contribution in [1.29, 1.82) is 0 Å². The molecule has 1 aromatic rings. The molecule has 0 aromatic carbocycles. The average molecular weight is 294 g/mol. The second-order valence-electron chi connectivity index (χ2n) is 6.70. The minimum atomic E-state index is 0.277. The van der Waals surface area contributed by atoms with Gasteiger partial charge in [-0.15, -0.1) is 0 Å². The van der Waals surface area contributed by atoms with Gasteiger partial charge in [0.1, 0.15) is 0 Å². The maximum absolute atomic E-state index is 9.34. The van der Waals surface area contributed by atoms with Crippen LogP contribution in [0.1, 0.15) is 31.5 Å². The Hall–Kier alpha value is -0.910. The Bertz CT molecular complexity index is 443. The van der Waals surface area contributed by atoms with E-state index in [4.69, 9.17) is 0 Å². The fourth-order valence-electron chi connectivity index (χ4n) is 3.28. The highest BCUT2D eigenvalue weighted by Gasteiger charge is 2.27. The van der Waals surface area contributed by atoms with Gasteiger partial charge >= 0.3 is 0 Å². The van der Waals surface area contributed by atoms with Crippen LogP contribution >= 0.6 is 0 Å². The van der Waals surface area contributed by atoms with Crippen molar-refractivity contribution in [2.45, 2.75) is 39.8 Å². The second kappa shape index (κ2) is 7.38. The molecule has 2 rings (SSSR count). The largest absolute Gasteiger partial charge is 0.396 e. The molecule has 1 atom stereocenters. The number of piperazine rings is 1. The Morgan fingerprint density at radius 1 is 1.38 bits per heavy atom. The highest BCUT2D eigenvalue weighted by molar-refractivity contribution is 5.15. The summed E-state index contributed by atoms with van der Waals surface area (Å²) in [4.78, 5) is 5.05. The molecule has 1 saturated heterocycles. The third kappa shape index (κ3) is 4.53. The summed E-state index contributed by atoms with van der Waals surface area (Å²) >= 11 is 0. The number of aliphatic hydroxyl groups excluding tert-OH is 1. The van der Waals surface area contributed by atoms with Crippen molar-refractivity contribution in [2.75, 3.05) is 32.8 Å². The highest BCUT2D eigenvalue weighted by atomic mass is 16.3. The van der Waals surface area contributed by atoms with Gasteiger partial charge in [0.2, 0.25) is 0 Å². The fraction of sp³-hybridized carbons (Fsp3) is 0.812. The quantitative estimate of drug-likeness (QED) is 0.858. The maximum Gasteiger partial charge on any atom is 0.0638 e. The van der Waals surface area contributed by atoms with Crippen molar-refractivity contribution >= 4 is 0 Å². The zero-order valence-electron chi connectivity index (χ0n) is 13.9. The number of hydrogen-bond acceptors (Lipinski definition) is 4. The lowest BCUT2D eigenvalue weighted by Crippen LogP contribution is -2.53. The van der Waals surface area contributed by atoms with E-state index < -0.39 is 0 Å². The van der Waals surface area contributed by atoms with E-state index in [1.165, 1.54) is 5.56 Å². The molecule has 1 aliphatic rings. The summed E-state index contributed by atoms with van der Waals surface area (Å²) in [7, 11) is 1.98. The molecule has 0 bridgehead atoms. The first-order valence-corrected chi connectivity index (χ1v) is 8.06. The molecule has 0 spiro atoms. The van der Waals surface area contributed by atoms with Gasteiger partial charge in [0.05, 0.1) is 5.69 Å². The van der Waals surface area contributed by atoms with E-state index in [2.05, 4.69) is 41.9 Å². The molecule has 1 fully saturated rings. The molecule has 0 unspecified atom stereocenters. The SMILES string of the molecule is Cc1nn(C)cc1CN1CCN(CC(C)C)[C@@H](CCO)C1. The highest BCUT2D eigenvalue weighted by Crippen LogP contribution is 2.18. The molecule has 1 aromatic heterocycles. The molecule has 0 amide bonds. The van der Waals surface area contributed by atoms with Crippen LogP contribution in [0.2, 0.25) is 0 Å². The Balaban J connectivity index is 1.96. The van der Waals surface area contributed by atoms with Gasteiger partial charge in [-0.25, -0.2) is 0 Å². The van der Waals surface area contributed by atoms with Crippen molar-refractivity contribution < 1.29 is 5.11 Å². The number of hydrogen-bond donors (Lipinski definition) is 1.